The fourth-order valence-corrected chi connectivity index (χ4v) is 4.48. The molecule has 0 saturated carbocycles. The predicted octanol–water partition coefficient (Wildman–Crippen LogP) is 0.909. The molecule has 2 atom stereocenters. The highest BCUT2D eigenvalue weighted by Crippen LogP contribution is 2.29. The van der Waals surface area contributed by atoms with Gasteiger partial charge in [0.1, 0.15) is 6.33 Å². The molecule has 3 aliphatic rings. The molecule has 3 aromatic rings. The molecule has 1 N–H and O–H groups in total. The Morgan fingerprint density at radius 3 is 2.93 bits per heavy atom. The van der Waals surface area contributed by atoms with E-state index in [1.807, 2.05) is 12.3 Å². The van der Waals surface area contributed by atoms with Gasteiger partial charge in [-0.2, -0.15) is 4.52 Å². The Morgan fingerprint density at radius 1 is 1.07 bits per heavy atom. The van der Waals surface area contributed by atoms with Gasteiger partial charge in [-0.15, -0.1) is 0 Å². The molecule has 0 aliphatic carbocycles. The molecule has 2 bridgehead atoms. The average Bonchev–Trinajstić information content (AvgIpc) is 2.98. The van der Waals surface area contributed by atoms with Crippen molar-refractivity contribution in [2.75, 3.05) is 19.6 Å². The molecule has 3 saturated heterocycles. The van der Waals surface area contributed by atoms with Crippen LogP contribution in [0.25, 0.3) is 5.78 Å². The Balaban J connectivity index is 1.33. The summed E-state index contributed by atoms with van der Waals surface area (Å²) < 4.78 is 1.37. The summed E-state index contributed by atoms with van der Waals surface area (Å²) in [6.07, 6.45) is 5.84. The molecular weight excluding hydrogens is 342 g/mol. The molecule has 8 nitrogen and oxygen atoms in total. The zero-order chi connectivity index (χ0) is 18.2. The first-order valence-corrected chi connectivity index (χ1v) is 9.53. The number of nitrogens with zero attached hydrogens (tertiary/aromatic N) is 6. The van der Waals surface area contributed by atoms with Crippen LogP contribution in [0.4, 0.5) is 0 Å². The van der Waals surface area contributed by atoms with Crippen molar-refractivity contribution in [1.82, 2.24) is 34.4 Å². The van der Waals surface area contributed by atoms with Crippen LogP contribution >= 0.6 is 0 Å². The lowest BCUT2D eigenvalue weighted by Crippen LogP contribution is -2.43. The summed E-state index contributed by atoms with van der Waals surface area (Å²) in [5, 5.41) is 2.79. The van der Waals surface area contributed by atoms with Crippen LogP contribution in [0.5, 0.6) is 0 Å². The first-order valence-electron chi connectivity index (χ1n) is 9.53. The van der Waals surface area contributed by atoms with E-state index in [2.05, 4.69) is 42.0 Å². The standard InChI is InChI=1S/C19H23N7O/c27-18-7-16(23-19-21-13-22-26(18)19)11-25-9-14-4-5-17(25)12-24(8-14)10-15-3-1-2-6-20-15/h1-3,6-7,13-14,17H,4-5,8-12H2,(H,21,22,23)/t14-,17+/m0/s1. The number of aromatic nitrogens is 5. The molecule has 6 heterocycles. The lowest BCUT2D eigenvalue weighted by Gasteiger charge is -2.35. The molecule has 3 aliphatic heterocycles. The van der Waals surface area contributed by atoms with Crippen LogP contribution in [0.3, 0.4) is 0 Å². The van der Waals surface area contributed by atoms with E-state index in [9.17, 15) is 4.79 Å². The number of fused-ring (bicyclic) bond motifs is 5. The smallest absolute Gasteiger partial charge is 0.274 e. The van der Waals surface area contributed by atoms with E-state index >= 15 is 0 Å². The number of nitrogens with one attached hydrogen (secondary N) is 1. The van der Waals surface area contributed by atoms with Crippen molar-refractivity contribution >= 4 is 5.78 Å². The quantitative estimate of drug-likeness (QED) is 0.740. The molecule has 0 amide bonds. The van der Waals surface area contributed by atoms with E-state index in [4.69, 9.17) is 0 Å². The fourth-order valence-electron chi connectivity index (χ4n) is 4.48. The summed E-state index contributed by atoms with van der Waals surface area (Å²) in [5.74, 6) is 1.09. The van der Waals surface area contributed by atoms with Gasteiger partial charge in [0, 0.05) is 51.0 Å². The number of aromatic amines is 1. The van der Waals surface area contributed by atoms with Crippen LogP contribution in [0, 0.1) is 5.92 Å². The van der Waals surface area contributed by atoms with Gasteiger partial charge in [0.2, 0.25) is 0 Å². The van der Waals surface area contributed by atoms with Crippen molar-refractivity contribution in [2.24, 2.45) is 5.92 Å². The third-order valence-corrected chi connectivity index (χ3v) is 5.70. The van der Waals surface area contributed by atoms with E-state index in [0.29, 0.717) is 24.3 Å². The van der Waals surface area contributed by atoms with E-state index < -0.39 is 0 Å². The van der Waals surface area contributed by atoms with E-state index in [0.717, 1.165) is 37.6 Å². The van der Waals surface area contributed by atoms with Gasteiger partial charge in [0.15, 0.2) is 0 Å². The largest absolute Gasteiger partial charge is 0.296 e. The molecule has 3 fully saturated rings. The van der Waals surface area contributed by atoms with Crippen LogP contribution in [0.15, 0.2) is 41.6 Å². The van der Waals surface area contributed by atoms with Crippen LogP contribution in [0.2, 0.25) is 0 Å². The monoisotopic (exact) mass is 365 g/mol. The maximum absolute atomic E-state index is 12.2. The van der Waals surface area contributed by atoms with Gasteiger partial charge >= 0.3 is 0 Å². The highest BCUT2D eigenvalue weighted by Gasteiger charge is 2.35. The second-order valence-electron chi connectivity index (χ2n) is 7.65. The molecule has 0 spiro atoms. The average molecular weight is 365 g/mol. The Kier molecular flexibility index (Phi) is 4.21. The summed E-state index contributed by atoms with van der Waals surface area (Å²) in [6.45, 7) is 4.82. The second-order valence-corrected chi connectivity index (χ2v) is 7.65. The van der Waals surface area contributed by atoms with Gasteiger partial charge in [0.05, 0.1) is 11.4 Å². The van der Waals surface area contributed by atoms with Gasteiger partial charge in [-0.3, -0.25) is 24.7 Å². The Labute approximate surface area is 156 Å². The molecule has 140 valence electrons. The molecule has 3 aromatic heterocycles. The second kappa shape index (κ2) is 6.86. The summed E-state index contributed by atoms with van der Waals surface area (Å²) in [5.41, 5.74) is 1.82. The van der Waals surface area contributed by atoms with Gasteiger partial charge in [0.25, 0.3) is 11.3 Å². The SMILES string of the molecule is O=c1cc(CN2C[C@H]3CC[C@@H]2CN(Cc2ccccn2)C3)nc2nc[nH]n12. The van der Waals surface area contributed by atoms with Gasteiger partial charge in [-0.1, -0.05) is 6.07 Å². The lowest BCUT2D eigenvalue weighted by molar-refractivity contribution is 0.121. The van der Waals surface area contributed by atoms with Gasteiger partial charge in [-0.25, -0.2) is 9.97 Å². The van der Waals surface area contributed by atoms with Crippen LogP contribution in [-0.4, -0.2) is 60.0 Å². The number of hydrogen-bond donors (Lipinski definition) is 1. The minimum absolute atomic E-state index is 0.107. The molecular formula is C19H23N7O. The first-order chi connectivity index (χ1) is 13.2. The van der Waals surface area contributed by atoms with E-state index in [-0.39, 0.29) is 5.56 Å². The number of pyridine rings is 1. The highest BCUT2D eigenvalue weighted by molar-refractivity contribution is 5.26. The number of piperidine rings is 1. The van der Waals surface area contributed by atoms with Crippen molar-refractivity contribution in [2.45, 2.75) is 32.0 Å². The van der Waals surface area contributed by atoms with E-state index in [1.165, 1.54) is 23.7 Å². The third-order valence-electron chi connectivity index (χ3n) is 5.70. The highest BCUT2D eigenvalue weighted by atomic mass is 16.1. The molecule has 6 rings (SSSR count). The molecule has 0 aromatic carbocycles. The predicted molar refractivity (Wildman–Crippen MR) is 100 cm³/mol. The third kappa shape index (κ3) is 3.38. The lowest BCUT2D eigenvalue weighted by atomic mass is 9.95. The summed E-state index contributed by atoms with van der Waals surface area (Å²) in [7, 11) is 0. The van der Waals surface area contributed by atoms with Gasteiger partial charge < -0.3 is 0 Å². The number of H-pyrrole nitrogens is 1. The zero-order valence-corrected chi connectivity index (χ0v) is 15.2. The fraction of sp³-hybridized carbons (Fsp3) is 0.474. The normalized spacial score (nSPS) is 23.7. The van der Waals surface area contributed by atoms with Crippen molar-refractivity contribution in [3.8, 4) is 0 Å². The Bertz CT molecular complexity index is 982. The summed E-state index contributed by atoms with van der Waals surface area (Å²) in [6, 6.07) is 8.22. The van der Waals surface area contributed by atoms with Crippen molar-refractivity contribution < 1.29 is 0 Å². The molecule has 8 heteroatoms. The van der Waals surface area contributed by atoms with Crippen molar-refractivity contribution in [1.29, 1.82) is 0 Å². The summed E-state index contributed by atoms with van der Waals surface area (Å²) >= 11 is 0. The maximum Gasteiger partial charge on any atom is 0.274 e. The van der Waals surface area contributed by atoms with Crippen molar-refractivity contribution in [3.63, 3.8) is 0 Å². The number of hydrogen-bond acceptors (Lipinski definition) is 6. The first kappa shape index (κ1) is 16.6. The minimum Gasteiger partial charge on any atom is -0.296 e. The Hall–Kier alpha value is -2.58. The van der Waals surface area contributed by atoms with Crippen LogP contribution < -0.4 is 5.56 Å². The van der Waals surface area contributed by atoms with E-state index in [1.54, 1.807) is 6.07 Å². The van der Waals surface area contributed by atoms with Crippen molar-refractivity contribution in [3.05, 3.63) is 58.5 Å². The summed E-state index contributed by atoms with van der Waals surface area (Å²) in [4.78, 5) is 30.4. The maximum atomic E-state index is 12.2. The molecule has 0 radical (unpaired) electrons. The minimum atomic E-state index is -0.107. The molecule has 27 heavy (non-hydrogen) atoms. The zero-order valence-electron chi connectivity index (χ0n) is 15.2. The number of rotatable bonds is 4. The topological polar surface area (TPSA) is 82.4 Å². The van der Waals surface area contributed by atoms with Crippen LogP contribution in [0.1, 0.15) is 24.2 Å². The van der Waals surface area contributed by atoms with Crippen LogP contribution in [-0.2, 0) is 13.1 Å². The van der Waals surface area contributed by atoms with Gasteiger partial charge in [-0.05, 0) is 30.9 Å². The molecule has 0 unspecified atom stereocenters. The Morgan fingerprint density at radius 2 is 2.04 bits per heavy atom.